The van der Waals surface area contributed by atoms with E-state index in [0.29, 0.717) is 29.5 Å². The number of carbonyl (C=O) groups excluding carboxylic acids is 1. The van der Waals surface area contributed by atoms with Gasteiger partial charge in [-0.2, -0.15) is 5.21 Å². The second-order valence-corrected chi connectivity index (χ2v) is 4.70. The Morgan fingerprint density at radius 2 is 1.96 bits per heavy atom. The van der Waals surface area contributed by atoms with Gasteiger partial charge in [-0.05, 0) is 18.2 Å². The van der Waals surface area contributed by atoms with Gasteiger partial charge in [0.05, 0.1) is 0 Å². The van der Waals surface area contributed by atoms with E-state index < -0.39 is 0 Å². The van der Waals surface area contributed by atoms with Crippen LogP contribution in [-0.4, -0.2) is 26.9 Å². The molecule has 3 aromatic rings. The van der Waals surface area contributed by atoms with Crippen molar-refractivity contribution in [1.29, 1.82) is 0 Å². The van der Waals surface area contributed by atoms with Crippen LogP contribution in [0.4, 0.5) is 0 Å². The van der Waals surface area contributed by atoms with Gasteiger partial charge < -0.3 is 9.47 Å². The highest BCUT2D eigenvalue weighted by Crippen LogP contribution is 2.21. The first-order valence-electron chi connectivity index (χ1n) is 6.96. The fraction of sp³-hybridized carbons (Fsp3) is 0.125. The molecule has 1 aromatic heterocycles. The number of nitrogens with zero attached hydrogens (tertiary/aromatic N) is 3. The van der Waals surface area contributed by atoms with Gasteiger partial charge in [0.2, 0.25) is 5.82 Å². The number of rotatable bonds is 7. The zero-order valence-corrected chi connectivity index (χ0v) is 12.2. The second kappa shape index (κ2) is 7.17. The molecule has 0 bridgehead atoms. The normalized spacial score (nSPS) is 10.3. The number of hydrogen-bond acceptors (Lipinski definition) is 6. The number of tetrazole rings is 1. The Bertz CT molecular complexity index is 775. The highest BCUT2D eigenvalue weighted by Gasteiger charge is 2.06. The molecule has 0 amide bonds. The third kappa shape index (κ3) is 3.91. The Morgan fingerprint density at radius 1 is 1.04 bits per heavy atom. The van der Waals surface area contributed by atoms with Gasteiger partial charge in [-0.15, -0.1) is 10.2 Å². The molecule has 23 heavy (non-hydrogen) atoms. The molecule has 0 saturated carbocycles. The molecule has 7 heteroatoms. The predicted octanol–water partition coefficient (Wildman–Crippen LogP) is 2.17. The van der Waals surface area contributed by atoms with Crippen LogP contribution in [0, 0.1) is 0 Å². The summed E-state index contributed by atoms with van der Waals surface area (Å²) in [6.07, 6.45) is 0.787. The summed E-state index contributed by atoms with van der Waals surface area (Å²) >= 11 is 0. The van der Waals surface area contributed by atoms with Crippen molar-refractivity contribution >= 4 is 6.29 Å². The molecule has 7 nitrogen and oxygen atoms in total. The lowest BCUT2D eigenvalue weighted by Crippen LogP contribution is -2.03. The van der Waals surface area contributed by atoms with E-state index in [1.165, 1.54) is 0 Å². The number of carbonyl (C=O) groups is 1. The molecule has 2 aromatic carbocycles. The summed E-state index contributed by atoms with van der Waals surface area (Å²) < 4.78 is 11.4. The molecule has 3 rings (SSSR count). The summed E-state index contributed by atoms with van der Waals surface area (Å²) in [6.45, 7) is 0.541. The number of hydrogen-bond donors (Lipinski definition) is 1. The Morgan fingerprint density at radius 3 is 2.78 bits per heavy atom. The van der Waals surface area contributed by atoms with Gasteiger partial charge in [0, 0.05) is 11.1 Å². The van der Waals surface area contributed by atoms with Crippen molar-refractivity contribution in [2.24, 2.45) is 0 Å². The van der Waals surface area contributed by atoms with Gasteiger partial charge in [0.25, 0.3) is 0 Å². The van der Waals surface area contributed by atoms with Gasteiger partial charge in [-0.1, -0.05) is 35.5 Å². The number of aromatic amines is 1. The van der Waals surface area contributed by atoms with E-state index in [1.807, 2.05) is 24.3 Å². The summed E-state index contributed by atoms with van der Waals surface area (Å²) in [4.78, 5) is 10.8. The van der Waals surface area contributed by atoms with Crippen molar-refractivity contribution in [3.05, 3.63) is 65.5 Å². The fourth-order valence-corrected chi connectivity index (χ4v) is 1.99. The number of H-pyrrole nitrogens is 1. The van der Waals surface area contributed by atoms with Crippen molar-refractivity contribution in [3.63, 3.8) is 0 Å². The SMILES string of the molecule is O=Cc1cccc(OCc2ccccc2OCc2nn[nH]n2)c1. The summed E-state index contributed by atoms with van der Waals surface area (Å²) in [6, 6.07) is 14.5. The Hall–Kier alpha value is -3.22. The minimum Gasteiger partial charge on any atom is -0.489 e. The molecule has 0 aliphatic heterocycles. The first-order valence-corrected chi connectivity index (χ1v) is 6.96. The van der Waals surface area contributed by atoms with Crippen molar-refractivity contribution < 1.29 is 14.3 Å². The lowest BCUT2D eigenvalue weighted by Gasteiger charge is -2.11. The first kappa shape index (κ1) is 14.7. The Kier molecular flexibility index (Phi) is 4.58. The Labute approximate surface area is 132 Å². The van der Waals surface area contributed by atoms with E-state index in [0.717, 1.165) is 11.8 Å². The zero-order valence-electron chi connectivity index (χ0n) is 12.2. The number of nitrogens with one attached hydrogen (secondary N) is 1. The van der Waals surface area contributed by atoms with Crippen LogP contribution in [0.2, 0.25) is 0 Å². The third-order valence-corrected chi connectivity index (χ3v) is 3.11. The van der Waals surface area contributed by atoms with Gasteiger partial charge in [-0.3, -0.25) is 4.79 Å². The molecule has 0 aliphatic carbocycles. The third-order valence-electron chi connectivity index (χ3n) is 3.11. The molecular weight excluding hydrogens is 296 g/mol. The van der Waals surface area contributed by atoms with E-state index in [1.54, 1.807) is 24.3 Å². The molecule has 1 heterocycles. The predicted molar refractivity (Wildman–Crippen MR) is 81.1 cm³/mol. The Balaban J connectivity index is 1.66. The molecule has 0 radical (unpaired) electrons. The van der Waals surface area contributed by atoms with Crippen molar-refractivity contribution in [3.8, 4) is 11.5 Å². The summed E-state index contributed by atoms with van der Waals surface area (Å²) in [7, 11) is 0. The maximum Gasteiger partial charge on any atom is 0.211 e. The maximum atomic E-state index is 10.8. The first-order chi connectivity index (χ1) is 11.3. The molecule has 0 unspecified atom stereocenters. The quantitative estimate of drug-likeness (QED) is 0.673. The lowest BCUT2D eigenvalue weighted by molar-refractivity contribution is 0.112. The average Bonchev–Trinajstić information content (AvgIpc) is 3.12. The van der Waals surface area contributed by atoms with Crippen LogP contribution in [-0.2, 0) is 13.2 Å². The fourth-order valence-electron chi connectivity index (χ4n) is 1.99. The number of para-hydroxylation sites is 1. The van der Waals surface area contributed by atoms with Crippen molar-refractivity contribution in [2.45, 2.75) is 13.2 Å². The summed E-state index contributed by atoms with van der Waals surface area (Å²) in [5.41, 5.74) is 1.46. The second-order valence-electron chi connectivity index (χ2n) is 4.70. The van der Waals surface area contributed by atoms with Gasteiger partial charge in [0.1, 0.15) is 24.4 Å². The van der Waals surface area contributed by atoms with E-state index in [-0.39, 0.29) is 6.61 Å². The van der Waals surface area contributed by atoms with Crippen LogP contribution in [0.1, 0.15) is 21.7 Å². The number of benzene rings is 2. The molecule has 0 atom stereocenters. The molecule has 1 N–H and O–H groups in total. The van der Waals surface area contributed by atoms with Gasteiger partial charge in [-0.25, -0.2) is 0 Å². The van der Waals surface area contributed by atoms with Gasteiger partial charge in [0.15, 0.2) is 6.61 Å². The largest absolute Gasteiger partial charge is 0.489 e. The highest BCUT2D eigenvalue weighted by atomic mass is 16.5. The van der Waals surface area contributed by atoms with Gasteiger partial charge >= 0.3 is 0 Å². The molecule has 0 fully saturated rings. The molecule has 0 spiro atoms. The van der Waals surface area contributed by atoms with Crippen LogP contribution >= 0.6 is 0 Å². The standard InChI is InChI=1S/C16H14N4O3/c21-9-12-4-3-6-14(8-12)22-10-13-5-1-2-7-15(13)23-11-16-17-19-20-18-16/h1-9H,10-11H2,(H,17,18,19,20). The summed E-state index contributed by atoms with van der Waals surface area (Å²) in [5.74, 6) is 1.78. The number of aromatic nitrogens is 4. The van der Waals surface area contributed by atoms with E-state index >= 15 is 0 Å². The topological polar surface area (TPSA) is 90.0 Å². The van der Waals surface area contributed by atoms with Crippen LogP contribution in [0.5, 0.6) is 11.5 Å². The minimum absolute atomic E-state index is 0.216. The monoisotopic (exact) mass is 310 g/mol. The number of ether oxygens (including phenoxy) is 2. The van der Waals surface area contributed by atoms with Crippen LogP contribution < -0.4 is 9.47 Å². The smallest absolute Gasteiger partial charge is 0.211 e. The summed E-state index contributed by atoms with van der Waals surface area (Å²) in [5, 5.41) is 13.5. The lowest BCUT2D eigenvalue weighted by atomic mass is 10.2. The van der Waals surface area contributed by atoms with Crippen LogP contribution in [0.15, 0.2) is 48.5 Å². The molecule has 116 valence electrons. The molecule has 0 aliphatic rings. The van der Waals surface area contributed by atoms with Crippen molar-refractivity contribution in [2.75, 3.05) is 0 Å². The van der Waals surface area contributed by atoms with E-state index in [2.05, 4.69) is 20.6 Å². The van der Waals surface area contributed by atoms with E-state index in [4.69, 9.17) is 9.47 Å². The molecular formula is C16H14N4O3. The average molecular weight is 310 g/mol. The zero-order chi connectivity index (χ0) is 15.9. The molecule has 0 saturated heterocycles. The number of aldehydes is 1. The van der Waals surface area contributed by atoms with Crippen LogP contribution in [0.3, 0.4) is 0 Å². The maximum absolute atomic E-state index is 10.8. The minimum atomic E-state index is 0.216. The van der Waals surface area contributed by atoms with Crippen LogP contribution in [0.25, 0.3) is 0 Å². The highest BCUT2D eigenvalue weighted by molar-refractivity contribution is 5.75. The van der Waals surface area contributed by atoms with E-state index in [9.17, 15) is 4.79 Å². The van der Waals surface area contributed by atoms with Crippen molar-refractivity contribution in [1.82, 2.24) is 20.6 Å².